The normalized spacial score (nSPS) is 10.7. The van der Waals surface area contributed by atoms with E-state index in [1.54, 1.807) is 0 Å². The molecule has 1 amide bonds. The molecule has 4 heteroatoms. The van der Waals surface area contributed by atoms with E-state index in [1.807, 2.05) is 56.6 Å². The number of hydrogen-bond donors (Lipinski definition) is 1. The summed E-state index contributed by atoms with van der Waals surface area (Å²) in [5, 5.41) is 2.99. The average Bonchev–Trinajstić information content (AvgIpc) is 2.94. The number of aryl methyl sites for hydroxylation is 2. The fourth-order valence-electron chi connectivity index (χ4n) is 2.89. The molecule has 2 aromatic carbocycles. The van der Waals surface area contributed by atoms with Crippen LogP contribution in [0, 0.1) is 20.8 Å². The molecule has 0 saturated heterocycles. The van der Waals surface area contributed by atoms with Gasteiger partial charge in [0.2, 0.25) is 0 Å². The molecule has 0 unspecified atom stereocenters. The fraction of sp³-hybridized carbons (Fsp3) is 0.238. The molecular weight excluding hydrogens is 310 g/mol. The molecule has 0 bridgehead atoms. The van der Waals surface area contributed by atoms with Crippen molar-refractivity contribution in [1.29, 1.82) is 0 Å². The monoisotopic (exact) mass is 333 g/mol. The molecule has 1 heterocycles. The topological polar surface area (TPSA) is 46.9 Å². The van der Waals surface area contributed by atoms with Crippen molar-refractivity contribution in [3.8, 4) is 11.1 Å². The summed E-state index contributed by atoms with van der Waals surface area (Å²) in [6.07, 6.45) is 1.82. The number of imidazole rings is 1. The second kappa shape index (κ2) is 7.34. The van der Waals surface area contributed by atoms with Crippen molar-refractivity contribution in [1.82, 2.24) is 14.9 Å². The van der Waals surface area contributed by atoms with E-state index in [1.165, 1.54) is 5.56 Å². The Bertz CT molecular complexity index is 896. The second-order valence-corrected chi connectivity index (χ2v) is 6.26. The Kier molecular flexibility index (Phi) is 4.98. The molecule has 0 radical (unpaired) electrons. The van der Waals surface area contributed by atoms with Crippen molar-refractivity contribution in [2.75, 3.05) is 6.54 Å². The summed E-state index contributed by atoms with van der Waals surface area (Å²) in [5.74, 6) is -0.0510. The summed E-state index contributed by atoms with van der Waals surface area (Å²) >= 11 is 0. The molecule has 0 spiro atoms. The van der Waals surface area contributed by atoms with Crippen LogP contribution in [-0.2, 0) is 6.54 Å². The first kappa shape index (κ1) is 17.0. The lowest BCUT2D eigenvalue weighted by molar-refractivity contribution is 0.0952. The summed E-state index contributed by atoms with van der Waals surface area (Å²) in [5.41, 5.74) is 6.26. The fourth-order valence-corrected chi connectivity index (χ4v) is 2.89. The number of aromatic nitrogens is 2. The Hall–Kier alpha value is -2.88. The van der Waals surface area contributed by atoms with Crippen LogP contribution in [0.3, 0.4) is 0 Å². The Balaban J connectivity index is 1.67. The van der Waals surface area contributed by atoms with Crippen LogP contribution >= 0.6 is 0 Å². The number of carbonyl (C=O) groups is 1. The van der Waals surface area contributed by atoms with E-state index < -0.39 is 0 Å². The number of rotatable bonds is 5. The van der Waals surface area contributed by atoms with E-state index in [-0.39, 0.29) is 5.91 Å². The average molecular weight is 333 g/mol. The highest BCUT2D eigenvalue weighted by Crippen LogP contribution is 2.23. The van der Waals surface area contributed by atoms with Gasteiger partial charge < -0.3 is 9.88 Å². The Morgan fingerprint density at radius 3 is 2.60 bits per heavy atom. The minimum absolute atomic E-state index is 0.0510. The summed E-state index contributed by atoms with van der Waals surface area (Å²) in [4.78, 5) is 16.7. The van der Waals surface area contributed by atoms with Gasteiger partial charge in [0, 0.05) is 24.3 Å². The maximum absolute atomic E-state index is 12.5. The molecule has 3 aromatic rings. The number of nitrogens with zero attached hydrogens (tertiary/aromatic N) is 2. The van der Waals surface area contributed by atoms with Gasteiger partial charge in [0.15, 0.2) is 0 Å². The Morgan fingerprint density at radius 2 is 1.88 bits per heavy atom. The van der Waals surface area contributed by atoms with Gasteiger partial charge >= 0.3 is 0 Å². The summed E-state index contributed by atoms with van der Waals surface area (Å²) in [6.45, 7) is 7.40. The predicted molar refractivity (Wildman–Crippen MR) is 101 cm³/mol. The maximum atomic E-state index is 12.5. The van der Waals surface area contributed by atoms with Crippen LogP contribution in [-0.4, -0.2) is 22.0 Å². The molecule has 0 atom stereocenters. The summed E-state index contributed by atoms with van der Waals surface area (Å²) in [7, 11) is 0. The quantitative estimate of drug-likeness (QED) is 0.769. The van der Waals surface area contributed by atoms with Crippen molar-refractivity contribution in [2.45, 2.75) is 27.3 Å². The van der Waals surface area contributed by atoms with Crippen molar-refractivity contribution < 1.29 is 4.79 Å². The standard InChI is InChI=1S/C21H23N3O/c1-15-7-4-5-10-20(15)18-8-6-9-19(13-18)21(25)22-11-12-24-14-23-16(2)17(24)3/h4-10,13-14H,11-12H2,1-3H3,(H,22,25). The van der Waals surface area contributed by atoms with E-state index in [0.29, 0.717) is 12.1 Å². The van der Waals surface area contributed by atoms with Gasteiger partial charge in [-0.1, -0.05) is 36.4 Å². The second-order valence-electron chi connectivity index (χ2n) is 6.26. The number of hydrogen-bond acceptors (Lipinski definition) is 2. The van der Waals surface area contributed by atoms with Gasteiger partial charge in [-0.05, 0) is 49.6 Å². The van der Waals surface area contributed by atoms with E-state index in [4.69, 9.17) is 0 Å². The van der Waals surface area contributed by atoms with Crippen LogP contribution < -0.4 is 5.32 Å². The van der Waals surface area contributed by atoms with Crippen molar-refractivity contribution >= 4 is 5.91 Å². The van der Waals surface area contributed by atoms with Crippen LogP contribution in [0.15, 0.2) is 54.9 Å². The highest BCUT2D eigenvalue weighted by Gasteiger charge is 2.08. The third-order valence-electron chi connectivity index (χ3n) is 4.56. The first-order valence-corrected chi connectivity index (χ1v) is 8.49. The van der Waals surface area contributed by atoms with Gasteiger partial charge in [-0.3, -0.25) is 4.79 Å². The molecule has 3 rings (SSSR count). The van der Waals surface area contributed by atoms with Crippen molar-refractivity contribution in [3.63, 3.8) is 0 Å². The van der Waals surface area contributed by atoms with Crippen LogP contribution in [0.2, 0.25) is 0 Å². The number of benzene rings is 2. The van der Waals surface area contributed by atoms with E-state index in [2.05, 4.69) is 33.9 Å². The first-order valence-electron chi connectivity index (χ1n) is 8.49. The smallest absolute Gasteiger partial charge is 0.251 e. The van der Waals surface area contributed by atoms with E-state index >= 15 is 0 Å². The largest absolute Gasteiger partial charge is 0.350 e. The zero-order valence-corrected chi connectivity index (χ0v) is 14.9. The molecule has 1 aromatic heterocycles. The maximum Gasteiger partial charge on any atom is 0.251 e. The SMILES string of the molecule is Cc1ccccc1-c1cccc(C(=O)NCCn2cnc(C)c2C)c1. The molecule has 4 nitrogen and oxygen atoms in total. The molecule has 1 N–H and O–H groups in total. The zero-order valence-electron chi connectivity index (χ0n) is 14.9. The highest BCUT2D eigenvalue weighted by atomic mass is 16.1. The predicted octanol–water partition coefficient (Wildman–Crippen LogP) is 3.91. The Morgan fingerprint density at radius 1 is 1.08 bits per heavy atom. The molecular formula is C21H23N3O. The number of nitrogens with one attached hydrogen (secondary N) is 1. The van der Waals surface area contributed by atoms with Gasteiger partial charge in [0.05, 0.1) is 12.0 Å². The van der Waals surface area contributed by atoms with Crippen molar-refractivity contribution in [2.24, 2.45) is 0 Å². The van der Waals surface area contributed by atoms with Crippen molar-refractivity contribution in [3.05, 3.63) is 77.4 Å². The van der Waals surface area contributed by atoms with Gasteiger partial charge in [-0.2, -0.15) is 0 Å². The zero-order chi connectivity index (χ0) is 17.8. The Labute approximate surface area is 148 Å². The van der Waals surface area contributed by atoms with E-state index in [9.17, 15) is 4.79 Å². The van der Waals surface area contributed by atoms with Gasteiger partial charge in [0.1, 0.15) is 0 Å². The molecule has 0 aliphatic carbocycles. The lowest BCUT2D eigenvalue weighted by Crippen LogP contribution is -2.27. The van der Waals surface area contributed by atoms with Crippen LogP contribution in [0.25, 0.3) is 11.1 Å². The molecule has 0 aliphatic heterocycles. The third-order valence-corrected chi connectivity index (χ3v) is 4.56. The van der Waals surface area contributed by atoms with Crippen LogP contribution in [0.4, 0.5) is 0 Å². The third kappa shape index (κ3) is 3.79. The van der Waals surface area contributed by atoms with Crippen LogP contribution in [0.5, 0.6) is 0 Å². The minimum atomic E-state index is -0.0510. The highest BCUT2D eigenvalue weighted by molar-refractivity contribution is 5.95. The number of amides is 1. The first-order chi connectivity index (χ1) is 12.1. The van der Waals surface area contributed by atoms with Gasteiger partial charge in [0.25, 0.3) is 5.91 Å². The molecule has 0 fully saturated rings. The lowest BCUT2D eigenvalue weighted by atomic mass is 9.99. The summed E-state index contributed by atoms with van der Waals surface area (Å²) in [6, 6.07) is 16.0. The lowest BCUT2D eigenvalue weighted by Gasteiger charge is -2.10. The van der Waals surface area contributed by atoms with Crippen LogP contribution in [0.1, 0.15) is 27.3 Å². The molecule has 128 valence electrons. The molecule has 25 heavy (non-hydrogen) atoms. The van der Waals surface area contributed by atoms with Gasteiger partial charge in [-0.15, -0.1) is 0 Å². The minimum Gasteiger partial charge on any atom is -0.350 e. The molecule has 0 saturated carbocycles. The summed E-state index contributed by atoms with van der Waals surface area (Å²) < 4.78 is 2.05. The van der Waals surface area contributed by atoms with Gasteiger partial charge in [-0.25, -0.2) is 4.98 Å². The molecule has 0 aliphatic rings. The van der Waals surface area contributed by atoms with E-state index in [0.717, 1.165) is 29.1 Å². The number of carbonyl (C=O) groups excluding carboxylic acids is 1.